The highest BCUT2D eigenvalue weighted by Crippen LogP contribution is 2.37. The van der Waals surface area contributed by atoms with E-state index >= 15 is 0 Å². The topological polar surface area (TPSA) is 45.7 Å². The molecule has 0 aromatic rings. The lowest BCUT2D eigenvalue weighted by Crippen LogP contribution is -2.46. The molecule has 0 amide bonds. The van der Waals surface area contributed by atoms with Crippen molar-refractivity contribution in [3.63, 3.8) is 0 Å². The number of guanidine groups is 1. The van der Waals surface area contributed by atoms with Gasteiger partial charge in [0.1, 0.15) is 0 Å². The first-order valence-electron chi connectivity index (χ1n) is 10.3. The maximum atomic E-state index is 12.8. The van der Waals surface area contributed by atoms with E-state index in [-0.39, 0.29) is 54.4 Å². The molecule has 166 valence electrons. The molecule has 2 N–H and O–H groups in total. The zero-order valence-electron chi connectivity index (χ0n) is 17.6. The zero-order valence-corrected chi connectivity index (χ0v) is 19.9. The Labute approximate surface area is 184 Å². The molecule has 1 aliphatic heterocycles. The fourth-order valence-corrected chi connectivity index (χ4v) is 4.27. The summed E-state index contributed by atoms with van der Waals surface area (Å²) in [6.07, 6.45) is -0.268. The molecular formula is C20H37F3IN3O. The SMILES string of the molecule is CCNC(=NCC1CCCOC1C(C)(C)C)NC1CCC(C(F)(F)F)CC1.I. The molecule has 28 heavy (non-hydrogen) atoms. The van der Waals surface area contributed by atoms with Gasteiger partial charge in [0.25, 0.3) is 0 Å². The summed E-state index contributed by atoms with van der Waals surface area (Å²) in [7, 11) is 0. The average Bonchev–Trinajstić information content (AvgIpc) is 2.59. The Balaban J connectivity index is 0.00000392. The molecule has 8 heteroatoms. The first-order chi connectivity index (χ1) is 12.6. The second kappa shape index (κ2) is 11.2. The van der Waals surface area contributed by atoms with Crippen LogP contribution >= 0.6 is 24.0 Å². The quantitative estimate of drug-likeness (QED) is 0.308. The Morgan fingerprint density at radius 2 is 1.71 bits per heavy atom. The largest absolute Gasteiger partial charge is 0.391 e. The van der Waals surface area contributed by atoms with E-state index in [1.54, 1.807) is 0 Å². The van der Waals surface area contributed by atoms with Crippen LogP contribution in [0, 0.1) is 17.3 Å². The predicted octanol–water partition coefficient (Wildman–Crippen LogP) is 5.12. The van der Waals surface area contributed by atoms with Crippen LogP contribution in [0.1, 0.15) is 66.2 Å². The third-order valence-corrected chi connectivity index (χ3v) is 5.66. The van der Waals surface area contributed by atoms with Crippen LogP contribution in [-0.4, -0.2) is 44.0 Å². The van der Waals surface area contributed by atoms with Crippen molar-refractivity contribution in [2.75, 3.05) is 19.7 Å². The highest BCUT2D eigenvalue weighted by molar-refractivity contribution is 14.0. The van der Waals surface area contributed by atoms with Crippen molar-refractivity contribution < 1.29 is 17.9 Å². The van der Waals surface area contributed by atoms with Gasteiger partial charge in [-0.2, -0.15) is 13.2 Å². The molecule has 0 bridgehead atoms. The van der Waals surface area contributed by atoms with Gasteiger partial charge >= 0.3 is 6.18 Å². The molecule has 1 aliphatic carbocycles. The smallest absolute Gasteiger partial charge is 0.377 e. The van der Waals surface area contributed by atoms with Crippen molar-refractivity contribution in [1.82, 2.24) is 10.6 Å². The summed E-state index contributed by atoms with van der Waals surface area (Å²) in [6.45, 7) is 10.8. The van der Waals surface area contributed by atoms with Gasteiger partial charge in [-0.1, -0.05) is 20.8 Å². The summed E-state index contributed by atoms with van der Waals surface area (Å²) >= 11 is 0. The number of hydrogen-bond donors (Lipinski definition) is 2. The first-order valence-corrected chi connectivity index (χ1v) is 10.3. The summed E-state index contributed by atoms with van der Waals surface area (Å²) in [5.74, 6) is -0.0663. The second-order valence-electron chi connectivity index (χ2n) is 9.01. The van der Waals surface area contributed by atoms with Gasteiger partial charge in [0.05, 0.1) is 12.0 Å². The fraction of sp³-hybridized carbons (Fsp3) is 0.950. The Bertz CT molecular complexity index is 486. The number of nitrogens with one attached hydrogen (secondary N) is 2. The molecule has 0 radical (unpaired) electrons. The Kier molecular flexibility index (Phi) is 10.3. The molecule has 1 heterocycles. The molecule has 4 nitrogen and oxygen atoms in total. The molecule has 2 aliphatic rings. The van der Waals surface area contributed by atoms with Crippen molar-refractivity contribution in [1.29, 1.82) is 0 Å². The summed E-state index contributed by atoms with van der Waals surface area (Å²) in [4.78, 5) is 4.75. The van der Waals surface area contributed by atoms with Crippen LogP contribution in [0.2, 0.25) is 0 Å². The van der Waals surface area contributed by atoms with Crippen LogP contribution in [0.25, 0.3) is 0 Å². The summed E-state index contributed by atoms with van der Waals surface area (Å²) in [6, 6.07) is 0.0578. The van der Waals surface area contributed by atoms with Gasteiger partial charge in [0.2, 0.25) is 0 Å². The van der Waals surface area contributed by atoms with Gasteiger partial charge in [0, 0.05) is 31.7 Å². The van der Waals surface area contributed by atoms with Crippen molar-refractivity contribution in [3.8, 4) is 0 Å². The van der Waals surface area contributed by atoms with E-state index in [2.05, 4.69) is 31.4 Å². The third kappa shape index (κ3) is 7.88. The number of aliphatic imine (C=N–C) groups is 1. The van der Waals surface area contributed by atoms with Gasteiger partial charge in [0.15, 0.2) is 5.96 Å². The number of halogens is 4. The average molecular weight is 519 g/mol. The van der Waals surface area contributed by atoms with Crippen LogP contribution in [0.5, 0.6) is 0 Å². The lowest BCUT2D eigenvalue weighted by molar-refractivity contribution is -0.182. The van der Waals surface area contributed by atoms with Crippen molar-refractivity contribution in [3.05, 3.63) is 0 Å². The van der Waals surface area contributed by atoms with E-state index in [9.17, 15) is 13.2 Å². The maximum absolute atomic E-state index is 12.8. The molecule has 2 atom stereocenters. The van der Waals surface area contributed by atoms with Gasteiger partial charge in [-0.05, 0) is 50.9 Å². The van der Waals surface area contributed by atoms with E-state index in [1.165, 1.54) is 0 Å². The van der Waals surface area contributed by atoms with Crippen molar-refractivity contribution in [2.24, 2.45) is 22.2 Å². The van der Waals surface area contributed by atoms with E-state index < -0.39 is 12.1 Å². The van der Waals surface area contributed by atoms with E-state index in [0.29, 0.717) is 31.3 Å². The van der Waals surface area contributed by atoms with Gasteiger partial charge in [-0.25, -0.2) is 0 Å². The van der Waals surface area contributed by atoms with Crippen LogP contribution < -0.4 is 10.6 Å². The minimum Gasteiger partial charge on any atom is -0.377 e. The summed E-state index contributed by atoms with van der Waals surface area (Å²) in [5, 5.41) is 6.59. The molecule has 0 spiro atoms. The second-order valence-corrected chi connectivity index (χ2v) is 9.01. The fourth-order valence-electron chi connectivity index (χ4n) is 4.27. The number of ether oxygens (including phenoxy) is 1. The Hall–Kier alpha value is -0.250. The summed E-state index contributed by atoms with van der Waals surface area (Å²) in [5.41, 5.74) is 0.0718. The Morgan fingerprint density at radius 1 is 1.07 bits per heavy atom. The highest BCUT2D eigenvalue weighted by atomic mass is 127. The number of rotatable bonds is 4. The number of nitrogens with zero attached hydrogens (tertiary/aromatic N) is 1. The van der Waals surface area contributed by atoms with Crippen LogP contribution in [0.4, 0.5) is 13.2 Å². The number of alkyl halides is 3. The molecule has 2 rings (SSSR count). The molecule has 2 unspecified atom stereocenters. The molecule has 1 saturated carbocycles. The molecule has 0 aromatic carbocycles. The van der Waals surface area contributed by atoms with Gasteiger partial charge in [-0.15, -0.1) is 24.0 Å². The summed E-state index contributed by atoms with van der Waals surface area (Å²) < 4.78 is 44.6. The molecule has 1 saturated heterocycles. The van der Waals surface area contributed by atoms with E-state index in [4.69, 9.17) is 9.73 Å². The third-order valence-electron chi connectivity index (χ3n) is 5.66. The molecule has 2 fully saturated rings. The van der Waals surface area contributed by atoms with Crippen LogP contribution in [0.3, 0.4) is 0 Å². The Morgan fingerprint density at radius 3 is 2.25 bits per heavy atom. The molecule has 0 aromatic heterocycles. The van der Waals surface area contributed by atoms with Gasteiger partial charge in [-0.3, -0.25) is 4.99 Å². The van der Waals surface area contributed by atoms with E-state index in [0.717, 1.165) is 26.0 Å². The maximum Gasteiger partial charge on any atom is 0.391 e. The van der Waals surface area contributed by atoms with Crippen LogP contribution in [0.15, 0.2) is 4.99 Å². The number of hydrogen-bond acceptors (Lipinski definition) is 2. The predicted molar refractivity (Wildman–Crippen MR) is 118 cm³/mol. The minimum atomic E-state index is -4.06. The normalized spacial score (nSPS) is 29.8. The molecular weight excluding hydrogens is 482 g/mol. The monoisotopic (exact) mass is 519 g/mol. The van der Waals surface area contributed by atoms with Gasteiger partial charge < -0.3 is 15.4 Å². The highest BCUT2D eigenvalue weighted by Gasteiger charge is 2.41. The first kappa shape index (κ1) is 25.8. The van der Waals surface area contributed by atoms with Crippen LogP contribution in [-0.2, 0) is 4.74 Å². The zero-order chi connectivity index (χ0) is 20.1. The lowest BCUT2D eigenvalue weighted by atomic mass is 9.78. The van der Waals surface area contributed by atoms with Crippen molar-refractivity contribution in [2.45, 2.75) is 84.5 Å². The minimum absolute atomic E-state index is 0. The standard InChI is InChI=1S/C20H36F3N3O.HI/c1-5-24-18(26-16-10-8-15(9-11-16)20(21,22)23)25-13-14-7-6-12-27-17(14)19(2,3)4;/h14-17H,5-13H2,1-4H3,(H2,24,25,26);1H. The van der Waals surface area contributed by atoms with E-state index in [1.807, 2.05) is 6.92 Å². The lowest BCUT2D eigenvalue weighted by Gasteiger charge is -2.39. The van der Waals surface area contributed by atoms with Crippen molar-refractivity contribution >= 4 is 29.9 Å².